The summed E-state index contributed by atoms with van der Waals surface area (Å²) in [6.07, 6.45) is 0. The quantitative estimate of drug-likeness (QED) is 0.793. The van der Waals surface area contributed by atoms with E-state index >= 15 is 0 Å². The maximum absolute atomic E-state index is 11.9. The van der Waals surface area contributed by atoms with Gasteiger partial charge in [0.15, 0.2) is 11.5 Å². The lowest BCUT2D eigenvalue weighted by atomic mass is 10.2. The van der Waals surface area contributed by atoms with E-state index in [0.717, 1.165) is 5.56 Å². The first kappa shape index (κ1) is 18.8. The molecule has 1 N–H and O–H groups in total. The molecule has 0 bridgehead atoms. The summed E-state index contributed by atoms with van der Waals surface area (Å²) in [5.74, 6) is 1.28. The van der Waals surface area contributed by atoms with Crippen molar-refractivity contribution in [2.75, 3.05) is 27.3 Å². The maximum atomic E-state index is 11.9. The smallest absolute Gasteiger partial charge is 0.239 e. The van der Waals surface area contributed by atoms with E-state index in [4.69, 9.17) is 9.47 Å². The Labute approximate surface area is 137 Å². The zero-order valence-electron chi connectivity index (χ0n) is 14.5. The molecule has 0 saturated heterocycles. The van der Waals surface area contributed by atoms with Crippen LogP contribution >= 0.6 is 0 Å². The van der Waals surface area contributed by atoms with Gasteiger partial charge in [-0.25, -0.2) is 0 Å². The van der Waals surface area contributed by atoms with E-state index in [1.54, 1.807) is 26.4 Å². The SMILES string of the molecule is COc1ccc(CN(CC(=O)NCC(C)C)C(C)=O)cc1OC. The van der Waals surface area contributed by atoms with Crippen molar-refractivity contribution >= 4 is 11.8 Å². The molecule has 0 saturated carbocycles. The van der Waals surface area contributed by atoms with Crippen molar-refractivity contribution in [2.45, 2.75) is 27.3 Å². The summed E-state index contributed by atoms with van der Waals surface area (Å²) in [5, 5.41) is 2.82. The van der Waals surface area contributed by atoms with Crippen molar-refractivity contribution in [3.63, 3.8) is 0 Å². The Bertz CT molecular complexity index is 543. The first-order valence-corrected chi connectivity index (χ1v) is 7.60. The summed E-state index contributed by atoms with van der Waals surface area (Å²) >= 11 is 0. The fraction of sp³-hybridized carbons (Fsp3) is 0.529. The first-order chi connectivity index (χ1) is 10.9. The van der Waals surface area contributed by atoms with Crippen LogP contribution in [0.15, 0.2) is 18.2 Å². The molecule has 0 aliphatic rings. The van der Waals surface area contributed by atoms with Crippen LogP contribution in [0.5, 0.6) is 11.5 Å². The van der Waals surface area contributed by atoms with E-state index in [1.165, 1.54) is 11.8 Å². The number of hydrogen-bond donors (Lipinski definition) is 1. The van der Waals surface area contributed by atoms with Crippen LogP contribution in [0, 0.1) is 5.92 Å². The predicted molar refractivity (Wildman–Crippen MR) is 88.5 cm³/mol. The third-order valence-corrected chi connectivity index (χ3v) is 3.31. The minimum absolute atomic E-state index is 0.0381. The van der Waals surface area contributed by atoms with Crippen LogP contribution in [0.3, 0.4) is 0 Å². The number of amides is 2. The molecule has 0 aliphatic heterocycles. The van der Waals surface area contributed by atoms with E-state index in [0.29, 0.717) is 30.5 Å². The highest BCUT2D eigenvalue weighted by Gasteiger charge is 2.15. The van der Waals surface area contributed by atoms with Gasteiger partial charge in [0.05, 0.1) is 20.8 Å². The number of benzene rings is 1. The lowest BCUT2D eigenvalue weighted by molar-refractivity contribution is -0.135. The second-order valence-electron chi connectivity index (χ2n) is 5.76. The molecule has 1 aromatic carbocycles. The van der Waals surface area contributed by atoms with Gasteiger partial charge in [-0.05, 0) is 23.6 Å². The molecule has 1 aromatic rings. The zero-order chi connectivity index (χ0) is 17.4. The molecule has 0 aromatic heterocycles. The summed E-state index contributed by atoms with van der Waals surface area (Å²) in [6, 6.07) is 5.44. The first-order valence-electron chi connectivity index (χ1n) is 7.60. The molecule has 0 spiro atoms. The van der Waals surface area contributed by atoms with E-state index in [9.17, 15) is 9.59 Å². The van der Waals surface area contributed by atoms with Crippen molar-refractivity contribution in [3.8, 4) is 11.5 Å². The highest BCUT2D eigenvalue weighted by atomic mass is 16.5. The summed E-state index contributed by atoms with van der Waals surface area (Å²) in [4.78, 5) is 25.2. The molecule has 128 valence electrons. The van der Waals surface area contributed by atoms with Gasteiger partial charge in [-0.2, -0.15) is 0 Å². The molecule has 0 aliphatic carbocycles. The van der Waals surface area contributed by atoms with Crippen molar-refractivity contribution in [2.24, 2.45) is 5.92 Å². The lowest BCUT2D eigenvalue weighted by Gasteiger charge is -2.21. The highest BCUT2D eigenvalue weighted by molar-refractivity contribution is 5.83. The van der Waals surface area contributed by atoms with Gasteiger partial charge in [-0.3, -0.25) is 9.59 Å². The van der Waals surface area contributed by atoms with Gasteiger partial charge in [0.2, 0.25) is 11.8 Å². The topological polar surface area (TPSA) is 67.9 Å². The van der Waals surface area contributed by atoms with E-state index in [1.807, 2.05) is 19.9 Å². The van der Waals surface area contributed by atoms with Crippen LogP contribution < -0.4 is 14.8 Å². The van der Waals surface area contributed by atoms with Crippen LogP contribution in [0.25, 0.3) is 0 Å². The average Bonchev–Trinajstić information content (AvgIpc) is 2.51. The largest absolute Gasteiger partial charge is 0.493 e. The van der Waals surface area contributed by atoms with Crippen molar-refractivity contribution in [1.29, 1.82) is 0 Å². The monoisotopic (exact) mass is 322 g/mol. The molecule has 0 fully saturated rings. The molecule has 23 heavy (non-hydrogen) atoms. The van der Waals surface area contributed by atoms with Crippen molar-refractivity contribution in [3.05, 3.63) is 23.8 Å². The molecule has 1 rings (SSSR count). The summed E-state index contributed by atoms with van der Waals surface area (Å²) < 4.78 is 10.5. The van der Waals surface area contributed by atoms with Gasteiger partial charge < -0.3 is 19.7 Å². The number of rotatable bonds is 8. The van der Waals surface area contributed by atoms with Gasteiger partial charge >= 0.3 is 0 Å². The second-order valence-corrected chi connectivity index (χ2v) is 5.76. The summed E-state index contributed by atoms with van der Waals surface area (Å²) in [6.45, 7) is 6.47. The number of nitrogens with zero attached hydrogens (tertiary/aromatic N) is 1. The number of methoxy groups -OCH3 is 2. The Kier molecular flexibility index (Phi) is 7.38. The molecular weight excluding hydrogens is 296 g/mol. The molecule has 6 nitrogen and oxygen atoms in total. The second kappa shape index (κ2) is 9.02. The Morgan fingerprint density at radius 2 is 1.83 bits per heavy atom. The molecule has 0 heterocycles. The Hall–Kier alpha value is -2.24. The van der Waals surface area contributed by atoms with E-state index < -0.39 is 0 Å². The van der Waals surface area contributed by atoms with E-state index in [-0.39, 0.29) is 18.4 Å². The molecule has 0 atom stereocenters. The van der Waals surface area contributed by atoms with Gasteiger partial charge in [0, 0.05) is 20.0 Å². The third-order valence-electron chi connectivity index (χ3n) is 3.31. The van der Waals surface area contributed by atoms with Crippen LogP contribution in [-0.4, -0.2) is 44.0 Å². The van der Waals surface area contributed by atoms with Crippen LogP contribution in [-0.2, 0) is 16.1 Å². The number of hydrogen-bond acceptors (Lipinski definition) is 4. The number of nitrogens with one attached hydrogen (secondary N) is 1. The third kappa shape index (κ3) is 6.18. The normalized spacial score (nSPS) is 10.3. The highest BCUT2D eigenvalue weighted by Crippen LogP contribution is 2.28. The molecular formula is C17H26N2O4. The van der Waals surface area contributed by atoms with Gasteiger partial charge in [0.25, 0.3) is 0 Å². The zero-order valence-corrected chi connectivity index (χ0v) is 14.5. The van der Waals surface area contributed by atoms with Gasteiger partial charge in [-0.1, -0.05) is 19.9 Å². The van der Waals surface area contributed by atoms with Crippen LogP contribution in [0.2, 0.25) is 0 Å². The van der Waals surface area contributed by atoms with Crippen molar-refractivity contribution < 1.29 is 19.1 Å². The fourth-order valence-electron chi connectivity index (χ4n) is 2.03. The molecule has 2 amide bonds. The minimum Gasteiger partial charge on any atom is -0.493 e. The Morgan fingerprint density at radius 1 is 1.17 bits per heavy atom. The number of carbonyl (C=O) groups excluding carboxylic acids is 2. The van der Waals surface area contributed by atoms with Crippen LogP contribution in [0.1, 0.15) is 26.3 Å². The van der Waals surface area contributed by atoms with Gasteiger partial charge in [0.1, 0.15) is 0 Å². The molecule has 6 heteroatoms. The maximum Gasteiger partial charge on any atom is 0.239 e. The Morgan fingerprint density at radius 3 is 2.35 bits per heavy atom. The lowest BCUT2D eigenvalue weighted by Crippen LogP contribution is -2.40. The number of carbonyl (C=O) groups is 2. The summed E-state index contributed by atoms with van der Waals surface area (Å²) in [7, 11) is 3.13. The number of ether oxygens (including phenoxy) is 2. The van der Waals surface area contributed by atoms with Crippen molar-refractivity contribution in [1.82, 2.24) is 10.2 Å². The molecule has 0 unspecified atom stereocenters. The summed E-state index contributed by atoms with van der Waals surface area (Å²) in [5.41, 5.74) is 0.870. The standard InChI is InChI=1S/C17H26N2O4/c1-12(2)9-18-17(21)11-19(13(3)20)10-14-6-7-15(22-4)16(8-14)23-5/h6-8,12H,9-11H2,1-5H3,(H,18,21). The predicted octanol–water partition coefficient (Wildman–Crippen LogP) is 1.82. The van der Waals surface area contributed by atoms with Crippen LogP contribution in [0.4, 0.5) is 0 Å². The fourth-order valence-corrected chi connectivity index (χ4v) is 2.03. The van der Waals surface area contributed by atoms with E-state index in [2.05, 4.69) is 5.32 Å². The minimum atomic E-state index is -0.158. The molecule has 0 radical (unpaired) electrons. The Balaban J connectivity index is 2.76. The average molecular weight is 322 g/mol. The van der Waals surface area contributed by atoms with Gasteiger partial charge in [-0.15, -0.1) is 0 Å².